The van der Waals surface area contributed by atoms with Gasteiger partial charge in [-0.2, -0.15) is 4.98 Å². The molecule has 20 heavy (non-hydrogen) atoms. The highest BCUT2D eigenvalue weighted by molar-refractivity contribution is 6.30. The van der Waals surface area contributed by atoms with Crippen molar-refractivity contribution in [2.24, 2.45) is 0 Å². The van der Waals surface area contributed by atoms with Crippen molar-refractivity contribution in [1.82, 2.24) is 9.97 Å². The minimum absolute atomic E-state index is 0.185. The number of nitrogens with zero attached hydrogens (tertiary/aromatic N) is 2. The number of fused-ring (bicyclic) bond motifs is 1. The minimum Gasteiger partial charge on any atom is -0.438 e. The van der Waals surface area contributed by atoms with Crippen LogP contribution in [0.2, 0.25) is 5.02 Å². The third-order valence-corrected chi connectivity index (χ3v) is 3.16. The van der Waals surface area contributed by atoms with E-state index in [1.165, 1.54) is 0 Å². The number of hydrogen-bond acceptors (Lipinski definition) is 4. The van der Waals surface area contributed by atoms with Gasteiger partial charge in [-0.15, -0.1) is 0 Å². The highest BCUT2D eigenvalue weighted by Crippen LogP contribution is 2.30. The average Bonchev–Trinajstić information content (AvgIpc) is 2.41. The average molecular weight is 286 g/mol. The third-order valence-electron chi connectivity index (χ3n) is 2.93. The summed E-state index contributed by atoms with van der Waals surface area (Å²) in [6, 6.07) is 13.0. The van der Waals surface area contributed by atoms with Gasteiger partial charge in [-0.05, 0) is 42.8 Å². The van der Waals surface area contributed by atoms with Crippen LogP contribution in [0.3, 0.4) is 0 Å². The van der Waals surface area contributed by atoms with Crippen molar-refractivity contribution >= 4 is 28.5 Å². The molecule has 0 spiro atoms. The van der Waals surface area contributed by atoms with Crippen LogP contribution in [0, 0.1) is 6.92 Å². The minimum atomic E-state index is 0.185. The van der Waals surface area contributed by atoms with Gasteiger partial charge in [0.15, 0.2) is 0 Å². The predicted octanol–water partition coefficient (Wildman–Crippen LogP) is 3.97. The van der Waals surface area contributed by atoms with E-state index in [9.17, 15) is 0 Å². The first kappa shape index (κ1) is 12.7. The van der Waals surface area contributed by atoms with Crippen molar-refractivity contribution in [1.29, 1.82) is 0 Å². The Balaban J connectivity index is 2.10. The summed E-state index contributed by atoms with van der Waals surface area (Å²) in [6.45, 7) is 1.92. The molecule has 0 fully saturated rings. The van der Waals surface area contributed by atoms with Gasteiger partial charge < -0.3 is 10.5 Å². The molecule has 3 rings (SSSR count). The maximum Gasteiger partial charge on any atom is 0.231 e. The van der Waals surface area contributed by atoms with E-state index in [2.05, 4.69) is 9.97 Å². The number of aromatic nitrogens is 2. The van der Waals surface area contributed by atoms with E-state index in [0.29, 0.717) is 16.7 Å². The van der Waals surface area contributed by atoms with E-state index in [1.54, 1.807) is 6.07 Å². The fourth-order valence-corrected chi connectivity index (χ4v) is 2.20. The molecule has 0 atom stereocenters. The number of halogens is 1. The number of nitrogens with two attached hydrogens (primary N) is 1. The Hall–Kier alpha value is -2.33. The van der Waals surface area contributed by atoms with Crippen molar-refractivity contribution in [3.05, 3.63) is 53.1 Å². The fraction of sp³-hybridized carbons (Fsp3) is 0.0667. The summed E-state index contributed by atoms with van der Waals surface area (Å²) in [6.07, 6.45) is 0. The number of rotatable bonds is 2. The summed E-state index contributed by atoms with van der Waals surface area (Å²) >= 11 is 5.94. The molecule has 2 aromatic carbocycles. The second-order valence-electron chi connectivity index (χ2n) is 4.42. The van der Waals surface area contributed by atoms with Gasteiger partial charge in [-0.3, -0.25) is 0 Å². The molecule has 0 aliphatic rings. The maximum atomic E-state index is 5.94. The van der Waals surface area contributed by atoms with E-state index < -0.39 is 0 Å². The molecule has 0 amide bonds. The Kier molecular flexibility index (Phi) is 3.16. The normalized spacial score (nSPS) is 10.7. The lowest BCUT2D eigenvalue weighted by Crippen LogP contribution is -1.99. The predicted molar refractivity (Wildman–Crippen MR) is 80.2 cm³/mol. The van der Waals surface area contributed by atoms with Gasteiger partial charge >= 0.3 is 0 Å². The Morgan fingerprint density at radius 2 is 1.90 bits per heavy atom. The number of ether oxygens (including phenoxy) is 1. The molecule has 0 unspecified atom stereocenters. The topological polar surface area (TPSA) is 61.0 Å². The van der Waals surface area contributed by atoms with E-state index in [4.69, 9.17) is 22.1 Å². The third kappa shape index (κ3) is 2.38. The zero-order chi connectivity index (χ0) is 14.1. The van der Waals surface area contributed by atoms with E-state index in [1.807, 2.05) is 43.3 Å². The van der Waals surface area contributed by atoms with Crippen LogP contribution in [0.5, 0.6) is 11.6 Å². The number of nitrogen functional groups attached to an aromatic ring is 1. The lowest BCUT2D eigenvalue weighted by atomic mass is 10.2. The quantitative estimate of drug-likeness (QED) is 0.774. The molecule has 0 radical (unpaired) electrons. The molecule has 5 heteroatoms. The van der Waals surface area contributed by atoms with E-state index in [-0.39, 0.29) is 5.95 Å². The van der Waals surface area contributed by atoms with Gasteiger partial charge in [0, 0.05) is 5.02 Å². The second-order valence-corrected chi connectivity index (χ2v) is 4.85. The zero-order valence-electron chi connectivity index (χ0n) is 10.8. The molecule has 1 aromatic heterocycles. The van der Waals surface area contributed by atoms with Crippen LogP contribution in [-0.2, 0) is 0 Å². The summed E-state index contributed by atoms with van der Waals surface area (Å²) < 4.78 is 5.87. The highest BCUT2D eigenvalue weighted by Gasteiger charge is 2.09. The van der Waals surface area contributed by atoms with Crippen LogP contribution in [0.15, 0.2) is 42.5 Å². The Morgan fingerprint density at radius 1 is 1.10 bits per heavy atom. The van der Waals surface area contributed by atoms with Crippen molar-refractivity contribution < 1.29 is 4.74 Å². The van der Waals surface area contributed by atoms with Crippen molar-refractivity contribution in [2.45, 2.75) is 6.92 Å². The number of hydrogen-bond donors (Lipinski definition) is 1. The molecule has 3 aromatic rings. The van der Waals surface area contributed by atoms with Crippen LogP contribution < -0.4 is 10.5 Å². The molecule has 1 heterocycles. The Morgan fingerprint density at radius 3 is 2.70 bits per heavy atom. The van der Waals surface area contributed by atoms with Crippen molar-refractivity contribution in [3.63, 3.8) is 0 Å². The molecule has 0 saturated carbocycles. The Bertz CT molecular complexity index is 789. The molecule has 4 nitrogen and oxygen atoms in total. The van der Waals surface area contributed by atoms with Gasteiger partial charge in [-0.25, -0.2) is 4.98 Å². The molecular formula is C15H12ClN3O. The SMILES string of the molecule is Cc1cc(Cl)ccc1Oc1nc(N)nc2ccccc12. The first-order valence-electron chi connectivity index (χ1n) is 6.10. The molecule has 0 bridgehead atoms. The summed E-state index contributed by atoms with van der Waals surface area (Å²) in [4.78, 5) is 8.35. The summed E-state index contributed by atoms with van der Waals surface area (Å²) in [5.74, 6) is 1.32. The maximum absolute atomic E-state index is 5.94. The highest BCUT2D eigenvalue weighted by atomic mass is 35.5. The van der Waals surface area contributed by atoms with Gasteiger partial charge in [0.05, 0.1) is 10.9 Å². The van der Waals surface area contributed by atoms with Crippen LogP contribution in [0.25, 0.3) is 10.9 Å². The number of aryl methyl sites for hydroxylation is 1. The molecule has 0 saturated heterocycles. The van der Waals surface area contributed by atoms with Gasteiger partial charge in [0.2, 0.25) is 11.8 Å². The molecule has 2 N–H and O–H groups in total. The lowest BCUT2D eigenvalue weighted by Gasteiger charge is -2.10. The Labute approximate surface area is 121 Å². The fourth-order valence-electron chi connectivity index (χ4n) is 1.97. The van der Waals surface area contributed by atoms with E-state index in [0.717, 1.165) is 16.5 Å². The molecule has 0 aliphatic carbocycles. The second kappa shape index (κ2) is 4.98. The van der Waals surface area contributed by atoms with Crippen LogP contribution in [0.1, 0.15) is 5.56 Å². The van der Waals surface area contributed by atoms with Gasteiger partial charge in [-0.1, -0.05) is 23.7 Å². The number of benzene rings is 2. The molecular weight excluding hydrogens is 274 g/mol. The summed E-state index contributed by atoms with van der Waals surface area (Å²) in [5, 5.41) is 1.48. The standard InChI is InChI=1S/C15H12ClN3O/c1-9-8-10(16)6-7-13(9)20-14-11-4-2-3-5-12(11)18-15(17)19-14/h2-8H,1H3,(H2,17,18,19). The van der Waals surface area contributed by atoms with Crippen LogP contribution >= 0.6 is 11.6 Å². The largest absolute Gasteiger partial charge is 0.438 e. The first-order chi connectivity index (χ1) is 9.63. The van der Waals surface area contributed by atoms with Crippen LogP contribution in [0.4, 0.5) is 5.95 Å². The molecule has 0 aliphatic heterocycles. The monoisotopic (exact) mass is 285 g/mol. The smallest absolute Gasteiger partial charge is 0.231 e. The number of anilines is 1. The zero-order valence-corrected chi connectivity index (χ0v) is 11.6. The van der Waals surface area contributed by atoms with E-state index >= 15 is 0 Å². The number of para-hydroxylation sites is 1. The van der Waals surface area contributed by atoms with Gasteiger partial charge in [0.25, 0.3) is 0 Å². The lowest BCUT2D eigenvalue weighted by molar-refractivity contribution is 0.465. The summed E-state index contributed by atoms with van der Waals surface area (Å²) in [5.41, 5.74) is 7.40. The van der Waals surface area contributed by atoms with Gasteiger partial charge in [0.1, 0.15) is 5.75 Å². The molecule has 100 valence electrons. The van der Waals surface area contributed by atoms with Crippen molar-refractivity contribution in [2.75, 3.05) is 5.73 Å². The van der Waals surface area contributed by atoms with Crippen LogP contribution in [-0.4, -0.2) is 9.97 Å². The van der Waals surface area contributed by atoms with Crippen molar-refractivity contribution in [3.8, 4) is 11.6 Å². The first-order valence-corrected chi connectivity index (χ1v) is 6.47. The summed E-state index contributed by atoms with van der Waals surface area (Å²) in [7, 11) is 0.